The number of nitrogens with one attached hydrogen (secondary N) is 1. The fourth-order valence-corrected chi connectivity index (χ4v) is 2.26. The summed E-state index contributed by atoms with van der Waals surface area (Å²) in [6, 6.07) is 0. The van der Waals surface area contributed by atoms with Crippen molar-refractivity contribution in [2.75, 3.05) is 32.9 Å². The highest BCUT2D eigenvalue weighted by atomic mass is 32.2. The van der Waals surface area contributed by atoms with Crippen LogP contribution in [0.1, 0.15) is 26.2 Å². The normalized spacial score (nSPS) is 12.3. The minimum Gasteiger partial charge on any atom is -0.309 e. The molecule has 0 aliphatic carbocycles. The van der Waals surface area contributed by atoms with Gasteiger partial charge in [-0.05, 0) is 39.9 Å². The first-order valence-electron chi connectivity index (χ1n) is 5.10. The summed E-state index contributed by atoms with van der Waals surface area (Å²) in [6.07, 6.45) is 2.61. The molecule has 0 aromatic rings. The first kappa shape index (κ1) is 13.9. The van der Waals surface area contributed by atoms with Gasteiger partial charge in [-0.15, -0.1) is 0 Å². The molecule has 86 valence electrons. The fraction of sp³-hybridized carbons (Fsp3) is 1.00. The standard InChI is InChI=1S/C9H22N2O2S/c1-4-9-14(12,13)10-7-5-6-8-11(2)3/h10H,4-9H2,1-3H3. The van der Waals surface area contributed by atoms with E-state index < -0.39 is 10.0 Å². The second-order valence-corrected chi connectivity index (χ2v) is 5.65. The third-order valence-electron chi connectivity index (χ3n) is 1.83. The van der Waals surface area contributed by atoms with Crippen LogP contribution in [0.3, 0.4) is 0 Å². The maximum absolute atomic E-state index is 11.2. The SMILES string of the molecule is CCCS(=O)(=O)NCCCCN(C)C. The van der Waals surface area contributed by atoms with E-state index in [0.29, 0.717) is 13.0 Å². The van der Waals surface area contributed by atoms with E-state index in [0.717, 1.165) is 19.4 Å². The molecule has 0 spiro atoms. The van der Waals surface area contributed by atoms with Gasteiger partial charge in [0.05, 0.1) is 5.75 Å². The van der Waals surface area contributed by atoms with E-state index in [9.17, 15) is 8.42 Å². The van der Waals surface area contributed by atoms with Gasteiger partial charge in [0, 0.05) is 6.54 Å². The minimum atomic E-state index is -3.00. The first-order chi connectivity index (χ1) is 6.48. The zero-order valence-electron chi connectivity index (χ0n) is 9.41. The van der Waals surface area contributed by atoms with Crippen molar-refractivity contribution in [2.24, 2.45) is 0 Å². The second-order valence-electron chi connectivity index (χ2n) is 3.72. The Balaban J connectivity index is 3.45. The third-order valence-corrected chi connectivity index (χ3v) is 3.42. The topological polar surface area (TPSA) is 49.4 Å². The molecule has 0 fully saturated rings. The van der Waals surface area contributed by atoms with Crippen molar-refractivity contribution in [1.29, 1.82) is 0 Å². The zero-order valence-corrected chi connectivity index (χ0v) is 10.2. The number of hydrogen-bond donors (Lipinski definition) is 1. The molecule has 1 N–H and O–H groups in total. The molecule has 14 heavy (non-hydrogen) atoms. The van der Waals surface area contributed by atoms with E-state index in [1.807, 2.05) is 21.0 Å². The van der Waals surface area contributed by atoms with Gasteiger partial charge in [0.2, 0.25) is 10.0 Å². The van der Waals surface area contributed by atoms with E-state index in [1.54, 1.807) is 0 Å². The van der Waals surface area contributed by atoms with Crippen LogP contribution in [-0.2, 0) is 10.0 Å². The molecule has 0 aromatic heterocycles. The summed E-state index contributed by atoms with van der Waals surface area (Å²) in [7, 11) is 1.03. The summed E-state index contributed by atoms with van der Waals surface area (Å²) in [5, 5.41) is 0. The van der Waals surface area contributed by atoms with Crippen molar-refractivity contribution in [2.45, 2.75) is 26.2 Å². The molecule has 5 heteroatoms. The lowest BCUT2D eigenvalue weighted by molar-refractivity contribution is 0.394. The highest BCUT2D eigenvalue weighted by Gasteiger charge is 2.06. The van der Waals surface area contributed by atoms with E-state index >= 15 is 0 Å². The van der Waals surface area contributed by atoms with Crippen LogP contribution in [0.25, 0.3) is 0 Å². The van der Waals surface area contributed by atoms with Gasteiger partial charge in [0.25, 0.3) is 0 Å². The van der Waals surface area contributed by atoms with Crippen molar-refractivity contribution in [3.05, 3.63) is 0 Å². The summed E-state index contributed by atoms with van der Waals surface area (Å²) < 4.78 is 25.0. The summed E-state index contributed by atoms with van der Waals surface area (Å²) in [5.74, 6) is 0.237. The predicted octanol–water partition coefficient (Wildman–Crippen LogP) is 0.658. The lowest BCUT2D eigenvalue weighted by Crippen LogP contribution is -2.27. The number of hydrogen-bond acceptors (Lipinski definition) is 3. The van der Waals surface area contributed by atoms with Crippen LogP contribution >= 0.6 is 0 Å². The minimum absolute atomic E-state index is 0.237. The van der Waals surface area contributed by atoms with Gasteiger partial charge in [-0.3, -0.25) is 0 Å². The number of unbranched alkanes of at least 4 members (excludes halogenated alkanes) is 1. The molecule has 0 unspecified atom stereocenters. The number of rotatable bonds is 8. The van der Waals surface area contributed by atoms with Gasteiger partial charge in [-0.25, -0.2) is 13.1 Å². The zero-order chi connectivity index (χ0) is 11.0. The second kappa shape index (κ2) is 7.20. The van der Waals surface area contributed by atoms with E-state index in [1.165, 1.54) is 0 Å². The summed E-state index contributed by atoms with van der Waals surface area (Å²) in [4.78, 5) is 2.10. The average molecular weight is 222 g/mol. The van der Waals surface area contributed by atoms with Crippen LogP contribution < -0.4 is 4.72 Å². The molecular weight excluding hydrogens is 200 g/mol. The van der Waals surface area contributed by atoms with Crippen LogP contribution in [0.2, 0.25) is 0 Å². The Morgan fingerprint density at radius 1 is 1.21 bits per heavy atom. The Labute approximate surface area is 87.7 Å². The van der Waals surface area contributed by atoms with Crippen LogP contribution in [0.15, 0.2) is 0 Å². The van der Waals surface area contributed by atoms with Crippen molar-refractivity contribution >= 4 is 10.0 Å². The van der Waals surface area contributed by atoms with Gasteiger partial charge in [-0.1, -0.05) is 6.92 Å². The molecule has 0 aliphatic heterocycles. The molecule has 0 atom stereocenters. The highest BCUT2D eigenvalue weighted by molar-refractivity contribution is 7.89. The molecule has 0 rings (SSSR count). The third kappa shape index (κ3) is 8.47. The van der Waals surface area contributed by atoms with Crippen molar-refractivity contribution < 1.29 is 8.42 Å². The Hall–Kier alpha value is -0.130. The fourth-order valence-electron chi connectivity index (χ4n) is 1.12. The monoisotopic (exact) mass is 222 g/mol. The smallest absolute Gasteiger partial charge is 0.211 e. The van der Waals surface area contributed by atoms with E-state index in [2.05, 4.69) is 9.62 Å². The number of nitrogens with zero attached hydrogens (tertiary/aromatic N) is 1. The van der Waals surface area contributed by atoms with E-state index in [4.69, 9.17) is 0 Å². The van der Waals surface area contributed by atoms with Gasteiger partial charge < -0.3 is 4.90 Å². The molecule has 0 aliphatic rings. The lowest BCUT2D eigenvalue weighted by Gasteiger charge is -2.09. The first-order valence-corrected chi connectivity index (χ1v) is 6.75. The van der Waals surface area contributed by atoms with Crippen LogP contribution in [-0.4, -0.2) is 46.3 Å². The predicted molar refractivity (Wildman–Crippen MR) is 59.9 cm³/mol. The van der Waals surface area contributed by atoms with Gasteiger partial charge >= 0.3 is 0 Å². The Bertz CT molecular complexity index is 225. The maximum Gasteiger partial charge on any atom is 0.211 e. The summed E-state index contributed by atoms with van der Waals surface area (Å²) in [5.41, 5.74) is 0. The molecule has 0 saturated carbocycles. The molecular formula is C9H22N2O2S. The molecule has 0 aromatic carbocycles. The van der Waals surface area contributed by atoms with Crippen molar-refractivity contribution in [3.8, 4) is 0 Å². The molecule has 0 bridgehead atoms. The summed E-state index contributed by atoms with van der Waals surface area (Å²) >= 11 is 0. The summed E-state index contributed by atoms with van der Waals surface area (Å²) in [6.45, 7) is 3.44. The molecule has 0 heterocycles. The molecule has 4 nitrogen and oxygen atoms in total. The van der Waals surface area contributed by atoms with Gasteiger partial charge in [0.15, 0.2) is 0 Å². The number of sulfonamides is 1. The average Bonchev–Trinajstić information content (AvgIpc) is 2.02. The quantitative estimate of drug-likeness (QED) is 0.614. The van der Waals surface area contributed by atoms with Gasteiger partial charge in [-0.2, -0.15) is 0 Å². The lowest BCUT2D eigenvalue weighted by atomic mass is 10.3. The van der Waals surface area contributed by atoms with Crippen LogP contribution in [0, 0.1) is 0 Å². The maximum atomic E-state index is 11.2. The Kier molecular flexibility index (Phi) is 7.13. The molecule has 0 saturated heterocycles. The Morgan fingerprint density at radius 2 is 1.86 bits per heavy atom. The Morgan fingerprint density at radius 3 is 2.36 bits per heavy atom. The van der Waals surface area contributed by atoms with Gasteiger partial charge in [0.1, 0.15) is 0 Å². The molecule has 0 amide bonds. The molecule has 0 radical (unpaired) electrons. The van der Waals surface area contributed by atoms with Crippen molar-refractivity contribution in [1.82, 2.24) is 9.62 Å². The highest BCUT2D eigenvalue weighted by Crippen LogP contribution is 1.92. The van der Waals surface area contributed by atoms with Crippen molar-refractivity contribution in [3.63, 3.8) is 0 Å². The van der Waals surface area contributed by atoms with Crippen LogP contribution in [0.4, 0.5) is 0 Å². The van der Waals surface area contributed by atoms with Crippen LogP contribution in [0.5, 0.6) is 0 Å². The van der Waals surface area contributed by atoms with E-state index in [-0.39, 0.29) is 5.75 Å². The largest absolute Gasteiger partial charge is 0.309 e.